The number of piperidine rings is 1. The van der Waals surface area contributed by atoms with E-state index in [1.807, 2.05) is 26.0 Å². The molecule has 1 aliphatic rings. The Balaban J connectivity index is 1.84. The first-order valence-electron chi connectivity index (χ1n) is 11.2. The van der Waals surface area contributed by atoms with E-state index in [9.17, 15) is 19.5 Å². The first-order chi connectivity index (χ1) is 15.7. The van der Waals surface area contributed by atoms with Gasteiger partial charge in [0.15, 0.2) is 5.76 Å². The summed E-state index contributed by atoms with van der Waals surface area (Å²) in [5.41, 5.74) is 7.29. The second-order valence-electron chi connectivity index (χ2n) is 8.95. The zero-order valence-corrected chi connectivity index (χ0v) is 18.9. The largest absolute Gasteiger partial charge is 0.502 e. The summed E-state index contributed by atoms with van der Waals surface area (Å²) in [7, 11) is 0. The number of hydrogen-bond acceptors (Lipinski definition) is 6. The molecule has 3 heterocycles. The molecule has 4 N–H and O–H groups in total. The highest BCUT2D eigenvalue weighted by atomic mass is 16.4. The molecular weight excluding hydrogens is 422 g/mol. The van der Waals surface area contributed by atoms with Crippen molar-refractivity contribution in [3.05, 3.63) is 73.1 Å². The Morgan fingerprint density at radius 3 is 2.58 bits per heavy atom. The molecule has 1 unspecified atom stereocenters. The van der Waals surface area contributed by atoms with Crippen molar-refractivity contribution in [3.8, 4) is 5.75 Å². The Bertz CT molecular complexity index is 1320. The lowest BCUT2D eigenvalue weighted by atomic mass is 9.91. The molecule has 8 nitrogen and oxygen atoms in total. The zero-order valence-electron chi connectivity index (χ0n) is 18.9. The second-order valence-corrected chi connectivity index (χ2v) is 8.95. The van der Waals surface area contributed by atoms with Gasteiger partial charge < -0.3 is 20.2 Å². The minimum absolute atomic E-state index is 0.109. The molecule has 3 aromatic rings. The molecule has 1 fully saturated rings. The van der Waals surface area contributed by atoms with E-state index in [0.717, 1.165) is 42.4 Å². The lowest BCUT2D eigenvalue weighted by Gasteiger charge is -2.26. The molecule has 0 aliphatic carbocycles. The molecule has 0 spiro atoms. The fraction of sp³-hybridized carbons (Fsp3) is 0.400. The van der Waals surface area contributed by atoms with Gasteiger partial charge in [0.2, 0.25) is 17.1 Å². The van der Waals surface area contributed by atoms with E-state index in [4.69, 9.17) is 10.2 Å². The van der Waals surface area contributed by atoms with Gasteiger partial charge in [-0.05, 0) is 62.9 Å². The molecule has 0 bridgehead atoms. The number of nitrogens with one attached hydrogen (secondary N) is 1. The fourth-order valence-electron chi connectivity index (χ4n) is 4.71. The number of H-pyrrole nitrogens is 1. The van der Waals surface area contributed by atoms with Crippen molar-refractivity contribution in [2.45, 2.75) is 52.0 Å². The summed E-state index contributed by atoms with van der Waals surface area (Å²) in [6.45, 7) is 6.06. The molecule has 1 aromatic carbocycles. The Hall–Kier alpha value is -3.39. The molecule has 1 saturated heterocycles. The van der Waals surface area contributed by atoms with Gasteiger partial charge in [0.1, 0.15) is 5.76 Å². The Labute approximate surface area is 191 Å². The van der Waals surface area contributed by atoms with Crippen LogP contribution in [0.1, 0.15) is 59.8 Å². The number of benzene rings is 1. The third kappa shape index (κ3) is 4.85. The van der Waals surface area contributed by atoms with Gasteiger partial charge in [-0.15, -0.1) is 0 Å². The van der Waals surface area contributed by atoms with E-state index < -0.39 is 28.6 Å². The van der Waals surface area contributed by atoms with Gasteiger partial charge in [-0.2, -0.15) is 0 Å². The number of aryl methyl sites for hydroxylation is 2. The molecule has 174 valence electrons. The number of primary amides is 1. The van der Waals surface area contributed by atoms with Crippen LogP contribution in [0.2, 0.25) is 0 Å². The summed E-state index contributed by atoms with van der Waals surface area (Å²) in [4.78, 5) is 42.6. The van der Waals surface area contributed by atoms with Crippen molar-refractivity contribution in [1.29, 1.82) is 0 Å². The number of aromatic hydroxyl groups is 1. The Morgan fingerprint density at radius 1 is 1.15 bits per heavy atom. The number of rotatable bonds is 6. The van der Waals surface area contributed by atoms with Gasteiger partial charge in [0, 0.05) is 18.1 Å². The van der Waals surface area contributed by atoms with E-state index in [2.05, 4.69) is 9.88 Å². The molecule has 1 atom stereocenters. The van der Waals surface area contributed by atoms with Gasteiger partial charge in [-0.3, -0.25) is 19.3 Å². The van der Waals surface area contributed by atoms with E-state index in [0.29, 0.717) is 17.8 Å². The summed E-state index contributed by atoms with van der Waals surface area (Å²) in [6.07, 6.45) is 3.03. The van der Waals surface area contributed by atoms with E-state index in [1.54, 1.807) is 6.07 Å². The molecule has 0 radical (unpaired) electrons. The molecule has 8 heteroatoms. The lowest BCUT2D eigenvalue weighted by Crippen LogP contribution is -2.29. The standard InChI is InChI=1S/C25H29N3O5/c1-14-8-15(2)22-16(9-14)10-19(25(32)27-22)18(12-21(26)30)24-23(31)20(29)11-17(33-24)13-28-6-4-3-5-7-28/h8-11,18,31H,3-7,12-13H2,1-2H3,(H2,26,30)(H,27,32). The van der Waals surface area contributed by atoms with Crippen molar-refractivity contribution in [1.82, 2.24) is 9.88 Å². The summed E-state index contributed by atoms with van der Waals surface area (Å²) in [6, 6.07) is 6.84. The number of nitrogens with two attached hydrogens (primary N) is 1. The number of amides is 1. The van der Waals surface area contributed by atoms with Crippen molar-refractivity contribution in [2.75, 3.05) is 13.1 Å². The van der Waals surface area contributed by atoms with Crippen LogP contribution in [-0.4, -0.2) is 34.0 Å². The minimum Gasteiger partial charge on any atom is -0.502 e. The number of nitrogens with zero attached hydrogens (tertiary/aromatic N) is 1. The molecule has 4 rings (SSSR count). The van der Waals surface area contributed by atoms with Gasteiger partial charge in [0.25, 0.3) is 5.56 Å². The van der Waals surface area contributed by atoms with Crippen LogP contribution < -0.4 is 16.7 Å². The third-order valence-corrected chi connectivity index (χ3v) is 6.25. The number of hydrogen-bond donors (Lipinski definition) is 3. The number of carbonyl (C=O) groups excluding carboxylic acids is 1. The average Bonchev–Trinajstić information content (AvgIpc) is 2.75. The van der Waals surface area contributed by atoms with Crippen LogP contribution in [0.25, 0.3) is 10.9 Å². The Morgan fingerprint density at radius 2 is 1.88 bits per heavy atom. The molecule has 2 aromatic heterocycles. The van der Waals surface area contributed by atoms with Crippen molar-refractivity contribution < 1.29 is 14.3 Å². The van der Waals surface area contributed by atoms with Crippen LogP contribution in [0.4, 0.5) is 0 Å². The van der Waals surface area contributed by atoms with Crippen molar-refractivity contribution in [2.24, 2.45) is 5.73 Å². The van der Waals surface area contributed by atoms with Crippen LogP contribution in [0.3, 0.4) is 0 Å². The van der Waals surface area contributed by atoms with Gasteiger partial charge in [0.05, 0.1) is 18.0 Å². The topological polar surface area (TPSA) is 130 Å². The molecule has 1 aliphatic heterocycles. The monoisotopic (exact) mass is 451 g/mol. The van der Waals surface area contributed by atoms with Crippen LogP contribution in [-0.2, 0) is 11.3 Å². The predicted molar refractivity (Wildman–Crippen MR) is 125 cm³/mol. The number of aromatic nitrogens is 1. The maximum atomic E-state index is 13.0. The second kappa shape index (κ2) is 9.23. The Kier molecular flexibility index (Phi) is 6.37. The number of pyridine rings is 1. The normalized spacial score (nSPS) is 15.6. The smallest absolute Gasteiger partial charge is 0.252 e. The van der Waals surface area contributed by atoms with Crippen LogP contribution >= 0.6 is 0 Å². The summed E-state index contributed by atoms with van der Waals surface area (Å²) >= 11 is 0. The average molecular weight is 452 g/mol. The zero-order chi connectivity index (χ0) is 23.7. The molecule has 1 amide bonds. The fourth-order valence-corrected chi connectivity index (χ4v) is 4.71. The number of likely N-dealkylation sites (tertiary alicyclic amines) is 1. The van der Waals surface area contributed by atoms with Gasteiger partial charge in [-0.25, -0.2) is 0 Å². The maximum Gasteiger partial charge on any atom is 0.252 e. The summed E-state index contributed by atoms with van der Waals surface area (Å²) in [5.74, 6) is -2.01. The molecule has 0 saturated carbocycles. The lowest BCUT2D eigenvalue weighted by molar-refractivity contribution is -0.118. The third-order valence-electron chi connectivity index (χ3n) is 6.25. The molecule has 33 heavy (non-hydrogen) atoms. The molecular formula is C25H29N3O5. The predicted octanol–water partition coefficient (Wildman–Crippen LogP) is 2.80. The number of aromatic amines is 1. The highest BCUT2D eigenvalue weighted by Gasteiger charge is 2.28. The van der Waals surface area contributed by atoms with Gasteiger partial charge in [-0.1, -0.05) is 18.1 Å². The minimum atomic E-state index is -0.995. The highest BCUT2D eigenvalue weighted by molar-refractivity contribution is 5.83. The van der Waals surface area contributed by atoms with Crippen molar-refractivity contribution >= 4 is 16.8 Å². The van der Waals surface area contributed by atoms with E-state index >= 15 is 0 Å². The van der Waals surface area contributed by atoms with Crippen LogP contribution in [0, 0.1) is 13.8 Å². The van der Waals surface area contributed by atoms with Crippen LogP contribution in [0.15, 0.2) is 38.3 Å². The van der Waals surface area contributed by atoms with E-state index in [-0.39, 0.29) is 17.7 Å². The summed E-state index contributed by atoms with van der Waals surface area (Å²) in [5, 5.41) is 11.4. The number of fused-ring (bicyclic) bond motifs is 1. The highest BCUT2D eigenvalue weighted by Crippen LogP contribution is 2.33. The number of carbonyl (C=O) groups is 1. The summed E-state index contributed by atoms with van der Waals surface area (Å²) < 4.78 is 5.97. The van der Waals surface area contributed by atoms with Crippen molar-refractivity contribution in [3.63, 3.8) is 0 Å². The SMILES string of the molecule is Cc1cc(C)c2[nH]c(=O)c(C(CC(N)=O)c3oc(CN4CCCCC4)cc(=O)c3O)cc2c1. The van der Waals surface area contributed by atoms with E-state index in [1.165, 1.54) is 12.5 Å². The first-order valence-corrected chi connectivity index (χ1v) is 11.2. The quantitative estimate of drug-likeness (QED) is 0.528. The first kappa shape index (κ1) is 22.8. The maximum absolute atomic E-state index is 13.0. The van der Waals surface area contributed by atoms with Crippen LogP contribution in [0.5, 0.6) is 5.75 Å². The van der Waals surface area contributed by atoms with Gasteiger partial charge >= 0.3 is 0 Å².